The van der Waals surface area contributed by atoms with Crippen LogP contribution in [0.5, 0.6) is 0 Å². The molecular formula is C14H17FN2O2. The maximum atomic E-state index is 13.0. The van der Waals surface area contributed by atoms with Gasteiger partial charge in [-0.15, -0.1) is 0 Å². The van der Waals surface area contributed by atoms with Gasteiger partial charge >= 0.3 is 0 Å². The zero-order valence-electron chi connectivity index (χ0n) is 10.9. The van der Waals surface area contributed by atoms with Crippen LogP contribution in [0.25, 0.3) is 0 Å². The highest BCUT2D eigenvalue weighted by Crippen LogP contribution is 2.19. The van der Waals surface area contributed by atoms with Crippen LogP contribution in [0.1, 0.15) is 19.8 Å². The number of likely N-dealkylation sites (tertiary alicyclic amines) is 1. The van der Waals surface area contributed by atoms with E-state index in [4.69, 9.17) is 0 Å². The number of benzene rings is 1. The first-order valence-corrected chi connectivity index (χ1v) is 6.38. The lowest BCUT2D eigenvalue weighted by Gasteiger charge is -2.30. The molecule has 1 saturated heterocycles. The molecule has 1 aromatic carbocycles. The Kier molecular flexibility index (Phi) is 4.14. The number of rotatable bonds is 2. The van der Waals surface area contributed by atoms with E-state index in [0.717, 1.165) is 0 Å². The van der Waals surface area contributed by atoms with Crippen molar-refractivity contribution in [3.05, 3.63) is 30.1 Å². The second kappa shape index (κ2) is 5.82. The number of hydrogen-bond donors (Lipinski definition) is 1. The third-order valence-electron chi connectivity index (χ3n) is 3.40. The van der Waals surface area contributed by atoms with Crippen LogP contribution in [0, 0.1) is 11.7 Å². The molecule has 1 aromatic rings. The van der Waals surface area contributed by atoms with E-state index in [1.165, 1.54) is 19.1 Å². The van der Waals surface area contributed by atoms with Gasteiger partial charge in [-0.2, -0.15) is 0 Å². The second-order valence-electron chi connectivity index (χ2n) is 4.78. The van der Waals surface area contributed by atoms with Gasteiger partial charge in [0.2, 0.25) is 11.8 Å². The van der Waals surface area contributed by atoms with Crippen molar-refractivity contribution in [3.8, 4) is 0 Å². The summed E-state index contributed by atoms with van der Waals surface area (Å²) in [6.45, 7) is 2.75. The van der Waals surface area contributed by atoms with Crippen LogP contribution in [0.2, 0.25) is 0 Å². The van der Waals surface area contributed by atoms with Gasteiger partial charge in [-0.3, -0.25) is 9.59 Å². The highest BCUT2D eigenvalue weighted by Gasteiger charge is 2.25. The minimum atomic E-state index is -0.371. The van der Waals surface area contributed by atoms with E-state index in [-0.39, 0.29) is 23.5 Å². The Morgan fingerprint density at radius 1 is 1.32 bits per heavy atom. The van der Waals surface area contributed by atoms with Crippen molar-refractivity contribution in [1.29, 1.82) is 0 Å². The van der Waals surface area contributed by atoms with Gasteiger partial charge in [0, 0.05) is 31.6 Å². The Bertz CT molecular complexity index is 482. The van der Waals surface area contributed by atoms with E-state index in [9.17, 15) is 14.0 Å². The molecule has 0 unspecified atom stereocenters. The minimum Gasteiger partial charge on any atom is -0.343 e. The van der Waals surface area contributed by atoms with Crippen molar-refractivity contribution in [2.75, 3.05) is 18.4 Å². The number of carbonyl (C=O) groups excluding carboxylic acids is 2. The van der Waals surface area contributed by atoms with Crippen LogP contribution in [-0.4, -0.2) is 29.8 Å². The summed E-state index contributed by atoms with van der Waals surface area (Å²) in [6, 6.07) is 5.85. The third-order valence-corrected chi connectivity index (χ3v) is 3.40. The average Bonchev–Trinajstić information content (AvgIpc) is 2.39. The van der Waals surface area contributed by atoms with Gasteiger partial charge in [0.1, 0.15) is 5.82 Å². The van der Waals surface area contributed by atoms with Gasteiger partial charge in [0.25, 0.3) is 0 Å². The van der Waals surface area contributed by atoms with Crippen LogP contribution in [0.3, 0.4) is 0 Å². The van der Waals surface area contributed by atoms with Gasteiger partial charge in [0.05, 0.1) is 0 Å². The number of hydrogen-bond acceptors (Lipinski definition) is 2. The van der Waals surface area contributed by atoms with Crippen LogP contribution in [0.4, 0.5) is 10.1 Å². The summed E-state index contributed by atoms with van der Waals surface area (Å²) in [6.07, 6.45) is 1.31. The van der Waals surface area contributed by atoms with Crippen LogP contribution >= 0.6 is 0 Å². The van der Waals surface area contributed by atoms with Crippen LogP contribution < -0.4 is 5.32 Å². The molecule has 4 nitrogen and oxygen atoms in total. The molecular weight excluding hydrogens is 247 g/mol. The zero-order valence-corrected chi connectivity index (χ0v) is 10.9. The summed E-state index contributed by atoms with van der Waals surface area (Å²) in [5.74, 6) is -0.541. The molecule has 5 heteroatoms. The van der Waals surface area contributed by atoms with E-state index < -0.39 is 0 Å². The first-order chi connectivity index (χ1) is 9.06. The summed E-state index contributed by atoms with van der Waals surface area (Å²) in [5, 5.41) is 2.71. The Hall–Kier alpha value is -1.91. The molecule has 19 heavy (non-hydrogen) atoms. The fourth-order valence-corrected chi connectivity index (χ4v) is 2.27. The maximum Gasteiger partial charge on any atom is 0.227 e. The molecule has 1 aliphatic heterocycles. The average molecular weight is 264 g/mol. The Balaban J connectivity index is 1.90. The van der Waals surface area contributed by atoms with E-state index in [1.54, 1.807) is 17.0 Å². The highest BCUT2D eigenvalue weighted by molar-refractivity contribution is 5.92. The van der Waals surface area contributed by atoms with Crippen molar-refractivity contribution >= 4 is 17.5 Å². The predicted molar refractivity (Wildman–Crippen MR) is 70.0 cm³/mol. The number of nitrogens with one attached hydrogen (secondary N) is 1. The molecule has 0 spiro atoms. The minimum absolute atomic E-state index is 0.0454. The monoisotopic (exact) mass is 264 g/mol. The smallest absolute Gasteiger partial charge is 0.227 e. The summed E-state index contributed by atoms with van der Waals surface area (Å²) in [4.78, 5) is 24.9. The van der Waals surface area contributed by atoms with Gasteiger partial charge in [0.15, 0.2) is 0 Å². The number of amides is 2. The van der Waals surface area contributed by atoms with Crippen molar-refractivity contribution < 1.29 is 14.0 Å². The lowest BCUT2D eigenvalue weighted by molar-refractivity contribution is -0.132. The number of halogens is 1. The number of nitrogens with zero attached hydrogens (tertiary/aromatic N) is 1. The van der Waals surface area contributed by atoms with Crippen molar-refractivity contribution in [1.82, 2.24) is 4.90 Å². The van der Waals surface area contributed by atoms with Gasteiger partial charge in [-0.1, -0.05) is 6.07 Å². The summed E-state index contributed by atoms with van der Waals surface area (Å²) >= 11 is 0. The van der Waals surface area contributed by atoms with E-state index in [1.807, 2.05) is 0 Å². The molecule has 2 amide bonds. The van der Waals surface area contributed by atoms with Crippen LogP contribution in [-0.2, 0) is 9.59 Å². The number of piperidine rings is 1. The molecule has 2 rings (SSSR count). The van der Waals surface area contributed by atoms with Gasteiger partial charge in [-0.05, 0) is 31.0 Å². The number of anilines is 1. The normalized spacial score (nSPS) is 16.2. The fraction of sp³-hybridized carbons (Fsp3) is 0.429. The molecule has 1 heterocycles. The fourth-order valence-electron chi connectivity index (χ4n) is 2.27. The summed E-state index contributed by atoms with van der Waals surface area (Å²) in [5.41, 5.74) is 0.471. The molecule has 1 aliphatic rings. The quantitative estimate of drug-likeness (QED) is 0.888. The van der Waals surface area contributed by atoms with Gasteiger partial charge < -0.3 is 10.2 Å². The van der Waals surface area contributed by atoms with E-state index >= 15 is 0 Å². The third kappa shape index (κ3) is 3.53. The SMILES string of the molecule is CC(=O)N1CCC(C(=O)Nc2cccc(F)c2)CC1. The second-order valence-corrected chi connectivity index (χ2v) is 4.78. The largest absolute Gasteiger partial charge is 0.343 e. The predicted octanol–water partition coefficient (Wildman–Crippen LogP) is 2.02. The zero-order chi connectivity index (χ0) is 13.8. The first-order valence-electron chi connectivity index (χ1n) is 6.38. The van der Waals surface area contributed by atoms with Crippen molar-refractivity contribution in [2.24, 2.45) is 5.92 Å². The number of carbonyl (C=O) groups is 2. The molecule has 1 fully saturated rings. The van der Waals surface area contributed by atoms with Crippen molar-refractivity contribution in [2.45, 2.75) is 19.8 Å². The lowest BCUT2D eigenvalue weighted by Crippen LogP contribution is -2.40. The molecule has 0 bridgehead atoms. The van der Waals surface area contributed by atoms with Gasteiger partial charge in [-0.25, -0.2) is 4.39 Å². The standard InChI is InChI=1S/C14H17FN2O2/c1-10(18)17-7-5-11(6-8-17)14(19)16-13-4-2-3-12(15)9-13/h2-4,9,11H,5-8H2,1H3,(H,16,19). The first kappa shape index (κ1) is 13.5. The summed E-state index contributed by atoms with van der Waals surface area (Å²) in [7, 11) is 0. The van der Waals surface area contributed by atoms with E-state index in [2.05, 4.69) is 5.32 Å². The maximum absolute atomic E-state index is 13.0. The molecule has 0 radical (unpaired) electrons. The highest BCUT2D eigenvalue weighted by atomic mass is 19.1. The lowest BCUT2D eigenvalue weighted by atomic mass is 9.96. The Morgan fingerprint density at radius 2 is 2.00 bits per heavy atom. The van der Waals surface area contributed by atoms with Crippen LogP contribution in [0.15, 0.2) is 24.3 Å². The molecule has 0 aromatic heterocycles. The topological polar surface area (TPSA) is 49.4 Å². The van der Waals surface area contributed by atoms with Crippen molar-refractivity contribution in [3.63, 3.8) is 0 Å². The molecule has 1 N–H and O–H groups in total. The molecule has 102 valence electrons. The Labute approximate surface area is 111 Å². The molecule has 0 atom stereocenters. The Morgan fingerprint density at radius 3 is 2.58 bits per heavy atom. The molecule has 0 saturated carbocycles. The molecule has 0 aliphatic carbocycles. The van der Waals surface area contributed by atoms with E-state index in [0.29, 0.717) is 31.6 Å². The summed E-state index contributed by atoms with van der Waals surface area (Å²) < 4.78 is 13.0.